The van der Waals surface area contributed by atoms with Crippen molar-refractivity contribution in [3.05, 3.63) is 75.3 Å². The van der Waals surface area contributed by atoms with Crippen LogP contribution in [0, 0.1) is 5.41 Å². The van der Waals surface area contributed by atoms with Crippen LogP contribution in [0.15, 0.2) is 59.7 Å². The van der Waals surface area contributed by atoms with Crippen molar-refractivity contribution in [2.45, 2.75) is 32.8 Å². The first-order valence-electron chi connectivity index (χ1n) is 9.04. The molecule has 1 aromatic carbocycles. The average molecular weight is 435 g/mol. The van der Waals surface area contributed by atoms with E-state index in [1.54, 1.807) is 49.4 Å². The van der Waals surface area contributed by atoms with Crippen LogP contribution in [0.5, 0.6) is 0 Å². The largest absolute Gasteiger partial charge is 0.466 e. The summed E-state index contributed by atoms with van der Waals surface area (Å²) in [7, 11) is 1.30. The number of ether oxygens (including phenoxy) is 1. The highest BCUT2D eigenvalue weighted by atomic mass is 35.5. The van der Waals surface area contributed by atoms with Gasteiger partial charge in [-0.25, -0.2) is 4.79 Å². The lowest BCUT2D eigenvalue weighted by Crippen LogP contribution is -2.48. The number of carbonyl (C=O) groups excluding carboxylic acids is 2. The highest BCUT2D eigenvalue weighted by Crippen LogP contribution is 2.45. The Hall–Kier alpha value is -2.14. The van der Waals surface area contributed by atoms with Crippen molar-refractivity contribution in [3.8, 4) is 0 Å². The zero-order chi connectivity index (χ0) is 21.8. The molecule has 0 amide bonds. The summed E-state index contributed by atoms with van der Waals surface area (Å²) < 4.78 is 4.62. The van der Waals surface area contributed by atoms with E-state index in [9.17, 15) is 14.7 Å². The van der Waals surface area contributed by atoms with Gasteiger partial charge in [-0.3, -0.25) is 4.79 Å². The van der Waals surface area contributed by atoms with Gasteiger partial charge in [0.2, 0.25) is 0 Å². The zero-order valence-electron chi connectivity index (χ0n) is 16.8. The number of hydrogen-bond donors (Lipinski definition) is 1. The van der Waals surface area contributed by atoms with E-state index in [0.29, 0.717) is 21.2 Å². The van der Waals surface area contributed by atoms with Crippen LogP contribution in [0.1, 0.15) is 32.8 Å². The number of aliphatic hydroxyl groups is 1. The van der Waals surface area contributed by atoms with E-state index in [4.69, 9.17) is 23.2 Å². The smallest absolute Gasteiger partial charge is 0.330 e. The lowest BCUT2D eigenvalue weighted by atomic mass is 9.64. The summed E-state index contributed by atoms with van der Waals surface area (Å²) in [4.78, 5) is 23.7. The molecule has 1 atom stereocenters. The van der Waals surface area contributed by atoms with Crippen LogP contribution < -0.4 is 0 Å². The number of allylic oxidation sites excluding steroid dienone is 3. The van der Waals surface area contributed by atoms with Gasteiger partial charge in [0.25, 0.3) is 0 Å². The van der Waals surface area contributed by atoms with E-state index in [2.05, 4.69) is 4.74 Å². The molecule has 0 spiro atoms. The second-order valence-electron chi connectivity index (χ2n) is 7.67. The van der Waals surface area contributed by atoms with E-state index >= 15 is 0 Å². The summed E-state index contributed by atoms with van der Waals surface area (Å²) in [5, 5.41) is 12.5. The number of hydrogen-bond acceptors (Lipinski definition) is 4. The molecule has 1 aromatic rings. The van der Waals surface area contributed by atoms with E-state index in [-0.39, 0.29) is 12.2 Å². The van der Waals surface area contributed by atoms with E-state index in [0.717, 1.165) is 5.56 Å². The first-order chi connectivity index (χ1) is 13.5. The SMILES string of the molecule is COC(=O)/C=C(C)\C=C\[C@@]1(O)C(/C=C/c2cc(Cl)cc(Cl)c2)=CC(=O)CC1(C)C. The molecule has 0 radical (unpaired) electrons. The van der Waals surface area contributed by atoms with Crippen molar-refractivity contribution in [1.82, 2.24) is 0 Å². The molecule has 29 heavy (non-hydrogen) atoms. The highest BCUT2D eigenvalue weighted by Gasteiger charge is 2.47. The van der Waals surface area contributed by atoms with Crippen LogP contribution in [-0.4, -0.2) is 29.6 Å². The van der Waals surface area contributed by atoms with Gasteiger partial charge >= 0.3 is 5.97 Å². The minimum atomic E-state index is -1.43. The second-order valence-corrected chi connectivity index (χ2v) is 8.55. The van der Waals surface area contributed by atoms with Gasteiger partial charge in [0.15, 0.2) is 5.78 Å². The predicted octanol–water partition coefficient (Wildman–Crippen LogP) is 5.34. The van der Waals surface area contributed by atoms with E-state index < -0.39 is 17.0 Å². The number of ketones is 1. The van der Waals surface area contributed by atoms with Crippen molar-refractivity contribution >= 4 is 41.0 Å². The summed E-state index contributed by atoms with van der Waals surface area (Å²) in [5.74, 6) is -0.551. The minimum absolute atomic E-state index is 0.0707. The van der Waals surface area contributed by atoms with Gasteiger partial charge in [-0.2, -0.15) is 0 Å². The highest BCUT2D eigenvalue weighted by molar-refractivity contribution is 6.34. The predicted molar refractivity (Wildman–Crippen MR) is 117 cm³/mol. The molecule has 1 aliphatic rings. The molecule has 0 aliphatic heterocycles. The van der Waals surface area contributed by atoms with Crippen LogP contribution in [0.3, 0.4) is 0 Å². The van der Waals surface area contributed by atoms with Gasteiger partial charge in [-0.15, -0.1) is 0 Å². The van der Waals surface area contributed by atoms with Crippen LogP contribution in [-0.2, 0) is 14.3 Å². The zero-order valence-corrected chi connectivity index (χ0v) is 18.3. The molecule has 4 nitrogen and oxygen atoms in total. The molecule has 0 bridgehead atoms. The molecule has 1 aliphatic carbocycles. The van der Waals surface area contributed by atoms with Crippen LogP contribution >= 0.6 is 23.2 Å². The Morgan fingerprint density at radius 3 is 2.38 bits per heavy atom. The number of methoxy groups -OCH3 is 1. The van der Waals surface area contributed by atoms with Gasteiger partial charge in [0.05, 0.1) is 7.11 Å². The van der Waals surface area contributed by atoms with Crippen molar-refractivity contribution in [3.63, 3.8) is 0 Å². The molecule has 0 fully saturated rings. The van der Waals surface area contributed by atoms with Crippen LogP contribution in [0.25, 0.3) is 6.08 Å². The fraction of sp³-hybridized carbons (Fsp3) is 0.304. The monoisotopic (exact) mass is 434 g/mol. The maximum atomic E-state index is 12.3. The van der Waals surface area contributed by atoms with Crippen molar-refractivity contribution < 1.29 is 19.4 Å². The summed E-state index contributed by atoms with van der Waals surface area (Å²) in [6.45, 7) is 5.38. The molecule has 0 unspecified atom stereocenters. The van der Waals surface area contributed by atoms with Gasteiger partial charge in [0, 0.05) is 28.0 Å². The quantitative estimate of drug-likeness (QED) is 0.385. The summed E-state index contributed by atoms with van der Waals surface area (Å²) >= 11 is 12.1. The molecule has 0 saturated carbocycles. The maximum Gasteiger partial charge on any atom is 0.330 e. The van der Waals surface area contributed by atoms with Crippen molar-refractivity contribution in [2.75, 3.05) is 7.11 Å². The first kappa shape index (κ1) is 23.1. The van der Waals surface area contributed by atoms with Crippen molar-refractivity contribution in [1.29, 1.82) is 0 Å². The fourth-order valence-electron chi connectivity index (χ4n) is 3.19. The van der Waals surface area contributed by atoms with Gasteiger partial charge in [-0.1, -0.05) is 55.3 Å². The van der Waals surface area contributed by atoms with E-state index in [1.165, 1.54) is 19.3 Å². The van der Waals surface area contributed by atoms with Gasteiger partial charge in [-0.05, 0) is 54.0 Å². The Labute approximate surface area is 181 Å². The lowest BCUT2D eigenvalue weighted by Gasteiger charge is -2.44. The Balaban J connectivity index is 2.46. The summed E-state index contributed by atoms with van der Waals surface area (Å²) in [5.41, 5.74) is -0.385. The first-order valence-corrected chi connectivity index (χ1v) is 9.79. The van der Waals surface area contributed by atoms with Crippen molar-refractivity contribution in [2.24, 2.45) is 5.41 Å². The standard InChI is InChI=1S/C23H24Cl2O4/c1-15(9-21(27)29-4)7-8-23(28)17(12-20(26)14-22(23,2)3)6-5-16-10-18(24)13-19(25)11-16/h5-13,28H,14H2,1-4H3/b6-5+,8-7+,15-9-/t23-/m1/s1. The number of halogens is 2. The third kappa shape index (κ3) is 5.69. The van der Waals surface area contributed by atoms with Crippen LogP contribution in [0.2, 0.25) is 10.0 Å². The number of rotatable bonds is 5. The Morgan fingerprint density at radius 1 is 1.17 bits per heavy atom. The molecule has 6 heteroatoms. The molecule has 1 N–H and O–H groups in total. The van der Waals surface area contributed by atoms with Gasteiger partial charge < -0.3 is 9.84 Å². The molecule has 2 rings (SSSR count). The molecule has 0 heterocycles. The summed E-state index contributed by atoms with van der Waals surface area (Å²) in [6.07, 6.45) is 9.64. The Morgan fingerprint density at radius 2 is 1.79 bits per heavy atom. The third-order valence-electron chi connectivity index (χ3n) is 4.88. The Bertz CT molecular complexity index is 918. The lowest BCUT2D eigenvalue weighted by molar-refractivity contribution is -0.134. The van der Waals surface area contributed by atoms with Crippen LogP contribution in [0.4, 0.5) is 0 Å². The minimum Gasteiger partial charge on any atom is -0.466 e. The summed E-state index contributed by atoms with van der Waals surface area (Å²) in [6, 6.07) is 5.10. The van der Waals surface area contributed by atoms with Gasteiger partial charge in [0.1, 0.15) is 5.60 Å². The maximum absolute atomic E-state index is 12.3. The topological polar surface area (TPSA) is 63.6 Å². The molecule has 0 saturated heterocycles. The number of esters is 1. The fourth-order valence-corrected chi connectivity index (χ4v) is 3.74. The molecular formula is C23H24Cl2O4. The number of carbonyl (C=O) groups is 2. The molecular weight excluding hydrogens is 411 g/mol. The average Bonchev–Trinajstić information content (AvgIpc) is 2.60. The normalized spacial score (nSPS) is 22.2. The molecule has 0 aromatic heterocycles. The Kier molecular flexibility index (Phi) is 7.28. The van der Waals surface area contributed by atoms with E-state index in [1.807, 2.05) is 13.8 Å². The third-order valence-corrected chi connectivity index (χ3v) is 5.32. The molecule has 154 valence electrons. The number of benzene rings is 1. The second kappa shape index (κ2) is 9.12.